The van der Waals surface area contributed by atoms with E-state index in [0.717, 1.165) is 17.9 Å². The van der Waals surface area contributed by atoms with E-state index in [9.17, 15) is 4.79 Å². The van der Waals surface area contributed by atoms with Crippen molar-refractivity contribution >= 4 is 17.7 Å². The summed E-state index contributed by atoms with van der Waals surface area (Å²) in [6, 6.07) is 8.42. The Hall–Kier alpha value is -0.960. The minimum atomic E-state index is -0.0186. The maximum atomic E-state index is 11.7. The lowest BCUT2D eigenvalue weighted by molar-refractivity contribution is -0.120. The Balaban J connectivity index is 2.17. The van der Waals surface area contributed by atoms with Crippen LogP contribution in [-0.4, -0.2) is 18.2 Å². The second kappa shape index (κ2) is 4.91. The molecule has 86 valence electrons. The molecule has 1 aromatic carbocycles. The van der Waals surface area contributed by atoms with Crippen molar-refractivity contribution in [3.05, 3.63) is 35.4 Å². The SMILES string of the molecule is CC(C)c1ccc(C2SCCNC2=O)cc1. The third-order valence-corrected chi connectivity index (χ3v) is 4.09. The summed E-state index contributed by atoms with van der Waals surface area (Å²) in [5.74, 6) is 1.69. The highest BCUT2D eigenvalue weighted by Crippen LogP contribution is 2.31. The van der Waals surface area contributed by atoms with Crippen LogP contribution in [0.3, 0.4) is 0 Å². The zero-order valence-electron chi connectivity index (χ0n) is 9.69. The van der Waals surface area contributed by atoms with Crippen molar-refractivity contribution < 1.29 is 4.79 Å². The fourth-order valence-corrected chi connectivity index (χ4v) is 2.86. The van der Waals surface area contributed by atoms with Crippen LogP contribution >= 0.6 is 11.8 Å². The Labute approximate surface area is 101 Å². The number of thioether (sulfide) groups is 1. The Bertz CT molecular complexity index is 372. The number of carbonyl (C=O) groups excluding carboxylic acids is 1. The van der Waals surface area contributed by atoms with Crippen LogP contribution in [0.1, 0.15) is 36.1 Å². The number of hydrogen-bond acceptors (Lipinski definition) is 2. The van der Waals surface area contributed by atoms with Crippen molar-refractivity contribution in [2.24, 2.45) is 0 Å². The van der Waals surface area contributed by atoms with E-state index < -0.39 is 0 Å². The molecule has 1 aliphatic heterocycles. The summed E-state index contributed by atoms with van der Waals surface area (Å²) in [6.45, 7) is 5.15. The predicted octanol–water partition coefficient (Wildman–Crippen LogP) is 2.71. The molecule has 0 radical (unpaired) electrons. The first kappa shape index (κ1) is 11.5. The van der Waals surface area contributed by atoms with Gasteiger partial charge in [0, 0.05) is 12.3 Å². The van der Waals surface area contributed by atoms with Gasteiger partial charge in [0.1, 0.15) is 5.25 Å². The molecule has 2 rings (SSSR count). The molecule has 0 aromatic heterocycles. The van der Waals surface area contributed by atoms with Crippen molar-refractivity contribution in [1.29, 1.82) is 0 Å². The molecule has 1 atom stereocenters. The normalized spacial score (nSPS) is 20.9. The molecule has 0 saturated carbocycles. The zero-order valence-corrected chi connectivity index (χ0v) is 10.5. The molecular formula is C13H17NOS. The first-order valence-electron chi connectivity index (χ1n) is 5.67. The van der Waals surface area contributed by atoms with E-state index >= 15 is 0 Å². The van der Waals surface area contributed by atoms with Gasteiger partial charge in [-0.05, 0) is 17.0 Å². The van der Waals surface area contributed by atoms with Crippen LogP contribution in [0.5, 0.6) is 0 Å². The molecule has 0 aliphatic carbocycles. The van der Waals surface area contributed by atoms with Gasteiger partial charge in [-0.2, -0.15) is 0 Å². The number of rotatable bonds is 2. The standard InChI is InChI=1S/C13H17NOS/c1-9(2)10-3-5-11(6-4-10)12-13(15)14-7-8-16-12/h3-6,9,12H,7-8H2,1-2H3,(H,14,15). The topological polar surface area (TPSA) is 29.1 Å². The fraction of sp³-hybridized carbons (Fsp3) is 0.462. The quantitative estimate of drug-likeness (QED) is 0.854. The van der Waals surface area contributed by atoms with Crippen LogP contribution in [0.15, 0.2) is 24.3 Å². The average Bonchev–Trinajstić information content (AvgIpc) is 2.30. The smallest absolute Gasteiger partial charge is 0.237 e. The Morgan fingerprint density at radius 1 is 1.31 bits per heavy atom. The summed E-state index contributed by atoms with van der Waals surface area (Å²) in [5, 5.41) is 2.89. The molecular weight excluding hydrogens is 218 g/mol. The van der Waals surface area contributed by atoms with E-state index in [1.54, 1.807) is 11.8 Å². The number of carbonyl (C=O) groups is 1. The summed E-state index contributed by atoms with van der Waals surface area (Å²) in [6.07, 6.45) is 0. The highest BCUT2D eigenvalue weighted by Gasteiger charge is 2.24. The molecule has 3 heteroatoms. The van der Waals surface area contributed by atoms with Crippen molar-refractivity contribution in [2.75, 3.05) is 12.3 Å². The Morgan fingerprint density at radius 2 is 2.00 bits per heavy atom. The second-order valence-corrected chi connectivity index (χ2v) is 5.58. The molecule has 1 unspecified atom stereocenters. The molecule has 1 amide bonds. The minimum absolute atomic E-state index is 0.0186. The Kier molecular flexibility index (Phi) is 3.54. The van der Waals surface area contributed by atoms with Gasteiger partial charge < -0.3 is 5.32 Å². The molecule has 1 N–H and O–H groups in total. The highest BCUT2D eigenvalue weighted by molar-refractivity contribution is 8.00. The lowest BCUT2D eigenvalue weighted by Crippen LogP contribution is -2.34. The minimum Gasteiger partial charge on any atom is -0.354 e. The van der Waals surface area contributed by atoms with Crippen LogP contribution in [0.2, 0.25) is 0 Å². The maximum Gasteiger partial charge on any atom is 0.237 e. The van der Waals surface area contributed by atoms with E-state index in [2.05, 4.69) is 43.4 Å². The van der Waals surface area contributed by atoms with Crippen LogP contribution in [0.4, 0.5) is 0 Å². The van der Waals surface area contributed by atoms with Gasteiger partial charge in [-0.3, -0.25) is 4.79 Å². The van der Waals surface area contributed by atoms with Crippen LogP contribution in [-0.2, 0) is 4.79 Å². The van der Waals surface area contributed by atoms with Gasteiger partial charge in [0.25, 0.3) is 0 Å². The summed E-state index contributed by atoms with van der Waals surface area (Å²) in [7, 11) is 0. The number of benzene rings is 1. The predicted molar refractivity (Wildman–Crippen MR) is 68.7 cm³/mol. The number of nitrogens with one attached hydrogen (secondary N) is 1. The van der Waals surface area contributed by atoms with Crippen molar-refractivity contribution in [3.63, 3.8) is 0 Å². The fourth-order valence-electron chi connectivity index (χ4n) is 1.82. The summed E-state index contributed by atoms with van der Waals surface area (Å²) >= 11 is 1.73. The summed E-state index contributed by atoms with van der Waals surface area (Å²) in [5.41, 5.74) is 2.44. The van der Waals surface area contributed by atoms with Gasteiger partial charge in [-0.1, -0.05) is 38.1 Å². The molecule has 1 saturated heterocycles. The van der Waals surface area contributed by atoms with Gasteiger partial charge in [0.05, 0.1) is 0 Å². The van der Waals surface area contributed by atoms with Crippen LogP contribution in [0.25, 0.3) is 0 Å². The summed E-state index contributed by atoms with van der Waals surface area (Å²) < 4.78 is 0. The molecule has 2 nitrogen and oxygen atoms in total. The van der Waals surface area contributed by atoms with Gasteiger partial charge in [0.15, 0.2) is 0 Å². The monoisotopic (exact) mass is 235 g/mol. The third-order valence-electron chi connectivity index (χ3n) is 2.83. The van der Waals surface area contributed by atoms with E-state index in [4.69, 9.17) is 0 Å². The third kappa shape index (κ3) is 2.40. The van der Waals surface area contributed by atoms with Gasteiger partial charge in [-0.15, -0.1) is 11.8 Å². The van der Waals surface area contributed by atoms with Gasteiger partial charge >= 0.3 is 0 Å². The van der Waals surface area contributed by atoms with E-state index in [1.807, 2.05) is 0 Å². The molecule has 0 bridgehead atoms. The molecule has 1 aromatic rings. The number of amides is 1. The average molecular weight is 235 g/mol. The second-order valence-electron chi connectivity index (χ2n) is 4.36. The lowest BCUT2D eigenvalue weighted by atomic mass is 10.0. The highest BCUT2D eigenvalue weighted by atomic mass is 32.2. The largest absolute Gasteiger partial charge is 0.354 e. The molecule has 1 aliphatic rings. The Morgan fingerprint density at radius 3 is 2.56 bits per heavy atom. The first-order valence-corrected chi connectivity index (χ1v) is 6.72. The van der Waals surface area contributed by atoms with Crippen LogP contribution < -0.4 is 5.32 Å². The van der Waals surface area contributed by atoms with E-state index in [1.165, 1.54) is 5.56 Å². The van der Waals surface area contributed by atoms with Crippen LogP contribution in [0, 0.1) is 0 Å². The van der Waals surface area contributed by atoms with E-state index in [0.29, 0.717) is 5.92 Å². The van der Waals surface area contributed by atoms with Crippen molar-refractivity contribution in [3.8, 4) is 0 Å². The van der Waals surface area contributed by atoms with Gasteiger partial charge in [-0.25, -0.2) is 0 Å². The molecule has 0 spiro atoms. The van der Waals surface area contributed by atoms with Gasteiger partial charge in [0.2, 0.25) is 5.91 Å². The lowest BCUT2D eigenvalue weighted by Gasteiger charge is -2.22. The first-order chi connectivity index (χ1) is 7.68. The molecule has 16 heavy (non-hydrogen) atoms. The summed E-state index contributed by atoms with van der Waals surface area (Å²) in [4.78, 5) is 11.7. The zero-order chi connectivity index (χ0) is 11.5. The van der Waals surface area contributed by atoms with Crippen molar-refractivity contribution in [1.82, 2.24) is 5.32 Å². The molecule has 1 fully saturated rings. The van der Waals surface area contributed by atoms with E-state index in [-0.39, 0.29) is 11.2 Å². The maximum absolute atomic E-state index is 11.7. The number of hydrogen-bond donors (Lipinski definition) is 1. The van der Waals surface area contributed by atoms with Crippen molar-refractivity contribution in [2.45, 2.75) is 25.0 Å². The molecule has 1 heterocycles.